The highest BCUT2D eigenvalue weighted by molar-refractivity contribution is 7.84. The number of hydrogen-bond donors (Lipinski definition) is 1. The van der Waals surface area contributed by atoms with Gasteiger partial charge in [0.05, 0.1) is 12.6 Å². The molecule has 1 N–H and O–H groups in total. The minimum atomic E-state index is -3.49. The zero-order valence-corrected chi connectivity index (χ0v) is 7.62. The van der Waals surface area contributed by atoms with E-state index in [0.29, 0.717) is 0 Å². The Labute approximate surface area is 76.8 Å². The molecular weight excluding hydrogens is 190 g/mol. The van der Waals surface area contributed by atoms with Crippen LogP contribution >= 0.6 is 0 Å². The second kappa shape index (κ2) is 3.10. The van der Waals surface area contributed by atoms with Crippen molar-refractivity contribution in [1.82, 2.24) is 4.72 Å². The number of rotatable bonds is 1. The zero-order valence-electron chi connectivity index (χ0n) is 6.80. The van der Waals surface area contributed by atoms with Gasteiger partial charge in [0, 0.05) is 0 Å². The summed E-state index contributed by atoms with van der Waals surface area (Å²) in [4.78, 5) is 0. The molecule has 13 heavy (non-hydrogen) atoms. The predicted molar refractivity (Wildman–Crippen MR) is 47.2 cm³/mol. The molecule has 0 aromatic heterocycles. The van der Waals surface area contributed by atoms with Crippen molar-refractivity contribution in [2.75, 3.05) is 6.61 Å². The Morgan fingerprint density at radius 3 is 2.54 bits per heavy atom. The molecule has 1 aromatic carbocycles. The standard InChI is InChI=1S/C8H9NO3S/c10-13(11)9-8(6-12-13)7-4-2-1-3-5-7/h1-5,8-9H,6H2/t8-/m0/s1. The molecule has 1 fully saturated rings. The van der Waals surface area contributed by atoms with Crippen molar-refractivity contribution in [1.29, 1.82) is 0 Å². The minimum Gasteiger partial charge on any atom is -0.256 e. The third kappa shape index (κ3) is 1.88. The SMILES string of the molecule is O=S1(=O)N[C@H](c2ccccc2)CO1. The van der Waals surface area contributed by atoms with Crippen molar-refractivity contribution in [2.45, 2.75) is 6.04 Å². The summed E-state index contributed by atoms with van der Waals surface area (Å²) in [6.07, 6.45) is 0. The van der Waals surface area contributed by atoms with E-state index in [1.807, 2.05) is 30.3 Å². The molecule has 0 saturated carbocycles. The molecule has 0 unspecified atom stereocenters. The summed E-state index contributed by atoms with van der Waals surface area (Å²) in [5.41, 5.74) is 0.920. The average molecular weight is 199 g/mol. The molecule has 5 heteroatoms. The molecular formula is C8H9NO3S. The highest BCUT2D eigenvalue weighted by Crippen LogP contribution is 2.19. The van der Waals surface area contributed by atoms with Crippen molar-refractivity contribution < 1.29 is 12.6 Å². The molecule has 4 nitrogen and oxygen atoms in total. The molecule has 1 heterocycles. The van der Waals surface area contributed by atoms with Crippen molar-refractivity contribution in [3.8, 4) is 0 Å². The molecule has 1 aromatic rings. The van der Waals surface area contributed by atoms with Crippen LogP contribution in [0.15, 0.2) is 30.3 Å². The summed E-state index contributed by atoms with van der Waals surface area (Å²) in [5, 5.41) is 0. The number of hydrogen-bond acceptors (Lipinski definition) is 3. The molecule has 70 valence electrons. The second-order valence-corrected chi connectivity index (χ2v) is 4.20. The van der Waals surface area contributed by atoms with Crippen molar-refractivity contribution in [3.63, 3.8) is 0 Å². The summed E-state index contributed by atoms with van der Waals surface area (Å²) < 4.78 is 28.7. The predicted octanol–water partition coefficient (Wildman–Crippen LogP) is 0.592. The van der Waals surface area contributed by atoms with Gasteiger partial charge in [-0.3, -0.25) is 4.18 Å². The van der Waals surface area contributed by atoms with Crippen LogP contribution in [-0.2, 0) is 14.5 Å². The van der Waals surface area contributed by atoms with Crippen LogP contribution in [0.25, 0.3) is 0 Å². The maximum absolute atomic E-state index is 10.9. The lowest BCUT2D eigenvalue weighted by molar-refractivity contribution is 0.338. The largest absolute Gasteiger partial charge is 0.336 e. The Bertz CT molecular complexity index is 387. The topological polar surface area (TPSA) is 55.4 Å². The first-order valence-corrected chi connectivity index (χ1v) is 5.30. The van der Waals surface area contributed by atoms with Crippen LogP contribution in [0.3, 0.4) is 0 Å². The van der Waals surface area contributed by atoms with Crippen LogP contribution in [0.2, 0.25) is 0 Å². The smallest absolute Gasteiger partial charge is 0.256 e. The molecule has 0 spiro atoms. The van der Waals surface area contributed by atoms with E-state index in [9.17, 15) is 8.42 Å². The van der Waals surface area contributed by atoms with Crippen molar-refractivity contribution >= 4 is 10.3 Å². The van der Waals surface area contributed by atoms with Gasteiger partial charge < -0.3 is 0 Å². The first-order chi connectivity index (χ1) is 6.17. The normalized spacial score (nSPS) is 26.0. The summed E-state index contributed by atoms with van der Waals surface area (Å²) in [6.45, 7) is 0.173. The maximum Gasteiger partial charge on any atom is 0.336 e. The van der Waals surface area contributed by atoms with Crippen LogP contribution in [0.1, 0.15) is 11.6 Å². The highest BCUT2D eigenvalue weighted by Gasteiger charge is 2.28. The van der Waals surface area contributed by atoms with E-state index in [2.05, 4.69) is 8.91 Å². The van der Waals surface area contributed by atoms with E-state index in [4.69, 9.17) is 0 Å². The van der Waals surface area contributed by atoms with Gasteiger partial charge in [-0.15, -0.1) is 0 Å². The minimum absolute atomic E-state index is 0.173. The van der Waals surface area contributed by atoms with E-state index in [-0.39, 0.29) is 12.6 Å². The van der Waals surface area contributed by atoms with E-state index >= 15 is 0 Å². The van der Waals surface area contributed by atoms with Gasteiger partial charge in [-0.1, -0.05) is 30.3 Å². The van der Waals surface area contributed by atoms with Gasteiger partial charge in [0.2, 0.25) is 0 Å². The monoisotopic (exact) mass is 199 g/mol. The van der Waals surface area contributed by atoms with Gasteiger partial charge in [-0.05, 0) is 5.56 Å². The van der Waals surface area contributed by atoms with Crippen LogP contribution in [-0.4, -0.2) is 15.0 Å². The molecule has 0 aliphatic carbocycles. The maximum atomic E-state index is 10.9. The second-order valence-electron chi connectivity index (χ2n) is 2.82. The lowest BCUT2D eigenvalue weighted by atomic mass is 10.1. The first kappa shape index (κ1) is 8.68. The molecule has 1 atom stereocenters. The Morgan fingerprint density at radius 1 is 1.31 bits per heavy atom. The quantitative estimate of drug-likeness (QED) is 0.720. The van der Waals surface area contributed by atoms with Crippen LogP contribution in [0.4, 0.5) is 0 Å². The van der Waals surface area contributed by atoms with Gasteiger partial charge in [-0.25, -0.2) is 0 Å². The Kier molecular flexibility index (Phi) is 2.07. The third-order valence-electron chi connectivity index (χ3n) is 1.88. The Morgan fingerprint density at radius 2 is 2.00 bits per heavy atom. The van der Waals surface area contributed by atoms with Crippen LogP contribution in [0, 0.1) is 0 Å². The fraction of sp³-hybridized carbons (Fsp3) is 0.250. The molecule has 2 rings (SSSR count). The van der Waals surface area contributed by atoms with Crippen LogP contribution < -0.4 is 4.72 Å². The molecule has 1 aliphatic heterocycles. The van der Waals surface area contributed by atoms with Gasteiger partial charge in [0.25, 0.3) is 0 Å². The van der Waals surface area contributed by atoms with Crippen molar-refractivity contribution in [2.24, 2.45) is 0 Å². The fourth-order valence-corrected chi connectivity index (χ4v) is 2.19. The average Bonchev–Trinajstić information content (AvgIpc) is 2.48. The van der Waals surface area contributed by atoms with Gasteiger partial charge >= 0.3 is 10.3 Å². The van der Waals surface area contributed by atoms with Crippen LogP contribution in [0.5, 0.6) is 0 Å². The summed E-state index contributed by atoms with van der Waals surface area (Å²) in [5.74, 6) is 0. The molecule has 0 bridgehead atoms. The van der Waals surface area contributed by atoms with E-state index < -0.39 is 10.3 Å². The van der Waals surface area contributed by atoms with E-state index in [1.165, 1.54) is 0 Å². The van der Waals surface area contributed by atoms with E-state index in [1.54, 1.807) is 0 Å². The summed E-state index contributed by atoms with van der Waals surface area (Å²) >= 11 is 0. The van der Waals surface area contributed by atoms with Crippen molar-refractivity contribution in [3.05, 3.63) is 35.9 Å². The molecule has 0 radical (unpaired) electrons. The van der Waals surface area contributed by atoms with E-state index in [0.717, 1.165) is 5.56 Å². The Hall–Kier alpha value is -0.910. The number of benzene rings is 1. The lowest BCUT2D eigenvalue weighted by Crippen LogP contribution is -2.19. The molecule has 0 amide bonds. The molecule has 1 aliphatic rings. The first-order valence-electron chi connectivity index (χ1n) is 3.89. The lowest BCUT2D eigenvalue weighted by Gasteiger charge is -2.05. The highest BCUT2D eigenvalue weighted by atomic mass is 32.2. The van der Waals surface area contributed by atoms with Gasteiger partial charge in [0.1, 0.15) is 0 Å². The summed E-state index contributed by atoms with van der Waals surface area (Å²) in [7, 11) is -3.49. The van der Waals surface area contributed by atoms with Gasteiger partial charge in [-0.2, -0.15) is 13.1 Å². The third-order valence-corrected chi connectivity index (χ3v) is 2.90. The Balaban J connectivity index is 2.22. The van der Waals surface area contributed by atoms with Gasteiger partial charge in [0.15, 0.2) is 0 Å². The summed E-state index contributed by atoms with van der Waals surface area (Å²) in [6, 6.07) is 9.09. The number of nitrogens with one attached hydrogen (secondary N) is 1. The fourth-order valence-electron chi connectivity index (χ4n) is 1.25. The zero-order chi connectivity index (χ0) is 9.31. The molecule has 1 saturated heterocycles.